The molecule has 0 aromatic heterocycles. The van der Waals surface area contributed by atoms with Gasteiger partial charge >= 0.3 is 6.09 Å². The summed E-state index contributed by atoms with van der Waals surface area (Å²) < 4.78 is 5.42. The number of rotatable bonds is 3. The van der Waals surface area contributed by atoms with Crippen LogP contribution in [0.5, 0.6) is 0 Å². The van der Waals surface area contributed by atoms with Crippen molar-refractivity contribution in [1.82, 2.24) is 9.80 Å². The third-order valence-corrected chi connectivity index (χ3v) is 4.56. The Morgan fingerprint density at radius 2 is 1.74 bits per heavy atom. The van der Waals surface area contributed by atoms with Crippen LogP contribution in [0.4, 0.5) is 10.5 Å². The summed E-state index contributed by atoms with van der Waals surface area (Å²) in [7, 11) is 0. The second kappa shape index (κ2) is 8.01. The molecule has 0 radical (unpaired) electrons. The molecule has 0 aliphatic carbocycles. The van der Waals surface area contributed by atoms with Crippen molar-refractivity contribution >= 4 is 17.7 Å². The smallest absolute Gasteiger partial charge is 0.410 e. The minimum absolute atomic E-state index is 0.109. The lowest BCUT2D eigenvalue weighted by Crippen LogP contribution is -2.60. The Hall–Kier alpha value is -2.52. The molecule has 146 valence electrons. The van der Waals surface area contributed by atoms with Crippen LogP contribution in [0.2, 0.25) is 0 Å². The zero-order chi connectivity index (χ0) is 20.2. The Morgan fingerprint density at radius 1 is 1.11 bits per heavy atom. The molecule has 1 aliphatic heterocycles. The average molecular weight is 371 g/mol. The summed E-state index contributed by atoms with van der Waals surface area (Å²) in [6, 6.07) is 7.22. The first kappa shape index (κ1) is 20.8. The molecule has 1 fully saturated rings. The van der Waals surface area contributed by atoms with E-state index in [1.54, 1.807) is 11.0 Å². The lowest BCUT2D eigenvalue weighted by molar-refractivity contribution is -0.127. The largest absolute Gasteiger partial charge is 0.444 e. The number of benzene rings is 1. The second-order valence-electron chi connectivity index (χ2n) is 8.19. The molecule has 0 bridgehead atoms. The molecule has 0 unspecified atom stereocenters. The number of carbonyl (C=O) groups excluding carboxylic acids is 2. The van der Waals surface area contributed by atoms with Crippen molar-refractivity contribution in [2.45, 2.75) is 45.8 Å². The molecular formula is C21H29N3O3. The van der Waals surface area contributed by atoms with Crippen LogP contribution in [-0.2, 0) is 9.53 Å². The highest BCUT2D eigenvalue weighted by Gasteiger charge is 2.37. The molecule has 1 saturated heterocycles. The highest BCUT2D eigenvalue weighted by atomic mass is 16.6. The van der Waals surface area contributed by atoms with Gasteiger partial charge in [0.2, 0.25) is 5.91 Å². The first-order valence-electron chi connectivity index (χ1n) is 9.14. The zero-order valence-corrected chi connectivity index (χ0v) is 16.8. The summed E-state index contributed by atoms with van der Waals surface area (Å²) in [6.45, 7) is 11.6. The zero-order valence-electron chi connectivity index (χ0n) is 16.8. The molecule has 0 saturated carbocycles. The summed E-state index contributed by atoms with van der Waals surface area (Å²) in [6.07, 6.45) is 5.10. The number of nitrogens with zero attached hydrogens (tertiary/aromatic N) is 2. The van der Waals surface area contributed by atoms with Crippen LogP contribution in [-0.4, -0.2) is 59.1 Å². The van der Waals surface area contributed by atoms with Crippen molar-refractivity contribution in [3.63, 3.8) is 0 Å². The number of piperazine rings is 1. The number of anilines is 1. The summed E-state index contributed by atoms with van der Waals surface area (Å²) in [5, 5.41) is 2.94. The minimum Gasteiger partial charge on any atom is -0.444 e. The van der Waals surface area contributed by atoms with Gasteiger partial charge in [-0.2, -0.15) is 0 Å². The van der Waals surface area contributed by atoms with Gasteiger partial charge in [-0.25, -0.2) is 4.79 Å². The Bertz CT molecular complexity index is 736. The Labute approximate surface area is 161 Å². The van der Waals surface area contributed by atoms with Gasteiger partial charge in [-0.05, 0) is 52.8 Å². The van der Waals surface area contributed by atoms with E-state index in [1.807, 2.05) is 52.8 Å². The van der Waals surface area contributed by atoms with Crippen molar-refractivity contribution in [1.29, 1.82) is 0 Å². The molecule has 27 heavy (non-hydrogen) atoms. The Kier molecular flexibility index (Phi) is 6.17. The van der Waals surface area contributed by atoms with Gasteiger partial charge in [0.15, 0.2) is 0 Å². The van der Waals surface area contributed by atoms with Crippen LogP contribution in [0, 0.1) is 12.3 Å². The third kappa shape index (κ3) is 5.48. The minimum atomic E-state index is -0.716. The number of terminal acetylenes is 1. The molecule has 6 nitrogen and oxygen atoms in total. The fourth-order valence-electron chi connectivity index (χ4n) is 2.89. The fraction of sp³-hybridized carbons (Fsp3) is 0.524. The lowest BCUT2D eigenvalue weighted by Gasteiger charge is -2.43. The highest BCUT2D eigenvalue weighted by Crippen LogP contribution is 2.21. The SMILES string of the molecule is C#Cc1cccc(NC(=O)C(C)(C)N2CCN(C(=O)OC(C)(C)C)CC2)c1. The number of hydrogen-bond acceptors (Lipinski definition) is 4. The molecule has 1 N–H and O–H groups in total. The molecular weight excluding hydrogens is 342 g/mol. The summed E-state index contributed by atoms with van der Waals surface area (Å²) >= 11 is 0. The number of amides is 2. The molecule has 0 spiro atoms. The van der Waals surface area contributed by atoms with Crippen molar-refractivity contribution in [2.75, 3.05) is 31.5 Å². The summed E-state index contributed by atoms with van der Waals surface area (Å²) in [5.41, 5.74) is 0.166. The van der Waals surface area contributed by atoms with E-state index >= 15 is 0 Å². The number of hydrogen-bond donors (Lipinski definition) is 1. The van der Waals surface area contributed by atoms with Crippen LogP contribution in [0.15, 0.2) is 24.3 Å². The quantitative estimate of drug-likeness (QED) is 0.830. The molecule has 1 aliphatic rings. The molecule has 6 heteroatoms. The van der Waals surface area contributed by atoms with E-state index in [2.05, 4.69) is 16.1 Å². The van der Waals surface area contributed by atoms with Crippen LogP contribution in [0.25, 0.3) is 0 Å². The first-order chi connectivity index (χ1) is 12.5. The normalized spacial score (nSPS) is 15.8. The molecule has 1 heterocycles. The molecule has 0 atom stereocenters. The predicted molar refractivity (Wildman–Crippen MR) is 106 cm³/mol. The van der Waals surface area contributed by atoms with E-state index in [0.29, 0.717) is 31.9 Å². The van der Waals surface area contributed by atoms with Crippen LogP contribution >= 0.6 is 0 Å². The van der Waals surface area contributed by atoms with E-state index in [4.69, 9.17) is 11.2 Å². The van der Waals surface area contributed by atoms with E-state index < -0.39 is 11.1 Å². The highest BCUT2D eigenvalue weighted by molar-refractivity contribution is 5.97. The second-order valence-corrected chi connectivity index (χ2v) is 8.19. The van der Waals surface area contributed by atoms with Crippen molar-refractivity contribution in [2.24, 2.45) is 0 Å². The monoisotopic (exact) mass is 371 g/mol. The molecule has 1 aromatic rings. The molecule has 1 aromatic carbocycles. The Balaban J connectivity index is 1.96. The average Bonchev–Trinajstić information content (AvgIpc) is 2.60. The summed E-state index contributed by atoms with van der Waals surface area (Å²) in [5.74, 6) is 2.45. The molecule has 2 amide bonds. The molecule has 2 rings (SSSR count). The predicted octanol–water partition coefficient (Wildman–Crippen LogP) is 2.94. The van der Waals surface area contributed by atoms with Gasteiger partial charge in [0, 0.05) is 37.4 Å². The van der Waals surface area contributed by atoms with Crippen molar-refractivity contribution < 1.29 is 14.3 Å². The maximum atomic E-state index is 12.8. The van der Waals surface area contributed by atoms with E-state index in [0.717, 1.165) is 5.56 Å². The number of nitrogens with one attached hydrogen (secondary N) is 1. The van der Waals surface area contributed by atoms with Gasteiger partial charge in [0.05, 0.1) is 5.54 Å². The third-order valence-electron chi connectivity index (χ3n) is 4.56. The van der Waals surface area contributed by atoms with Crippen molar-refractivity contribution in [3.05, 3.63) is 29.8 Å². The van der Waals surface area contributed by atoms with Gasteiger partial charge < -0.3 is 15.0 Å². The van der Waals surface area contributed by atoms with Gasteiger partial charge in [-0.3, -0.25) is 9.69 Å². The maximum absolute atomic E-state index is 12.8. The van der Waals surface area contributed by atoms with Gasteiger partial charge in [-0.15, -0.1) is 6.42 Å². The van der Waals surface area contributed by atoms with Gasteiger partial charge in [0.1, 0.15) is 5.60 Å². The van der Waals surface area contributed by atoms with E-state index in [9.17, 15) is 9.59 Å². The van der Waals surface area contributed by atoms with E-state index in [1.165, 1.54) is 0 Å². The van der Waals surface area contributed by atoms with Crippen LogP contribution in [0.1, 0.15) is 40.2 Å². The van der Waals surface area contributed by atoms with E-state index in [-0.39, 0.29) is 12.0 Å². The number of ether oxygens (including phenoxy) is 1. The topological polar surface area (TPSA) is 61.9 Å². The Morgan fingerprint density at radius 3 is 2.30 bits per heavy atom. The van der Waals surface area contributed by atoms with Gasteiger partial charge in [0.25, 0.3) is 0 Å². The van der Waals surface area contributed by atoms with Crippen molar-refractivity contribution in [3.8, 4) is 12.3 Å². The maximum Gasteiger partial charge on any atom is 0.410 e. The number of carbonyl (C=O) groups is 2. The lowest BCUT2D eigenvalue weighted by atomic mass is 10.00. The van der Waals surface area contributed by atoms with Crippen LogP contribution in [0.3, 0.4) is 0 Å². The first-order valence-corrected chi connectivity index (χ1v) is 9.14. The fourth-order valence-corrected chi connectivity index (χ4v) is 2.89. The van der Waals surface area contributed by atoms with Crippen LogP contribution < -0.4 is 5.32 Å². The standard InChI is InChI=1S/C21H29N3O3/c1-7-16-9-8-10-17(15-16)22-18(25)21(5,6)24-13-11-23(12-14-24)19(26)27-20(2,3)4/h1,8-10,15H,11-14H2,2-6H3,(H,22,25). The van der Waals surface area contributed by atoms with Gasteiger partial charge in [-0.1, -0.05) is 12.0 Å². The summed E-state index contributed by atoms with van der Waals surface area (Å²) in [4.78, 5) is 28.8.